The first-order valence-corrected chi connectivity index (χ1v) is 5.72. The SMILES string of the molecule is CC(C)(O)C1CCCCN1C(C)(C)C. The zero-order valence-corrected chi connectivity index (χ0v) is 10.3. The van der Waals surface area contributed by atoms with Gasteiger partial charge in [0.2, 0.25) is 0 Å². The fourth-order valence-corrected chi connectivity index (χ4v) is 2.47. The van der Waals surface area contributed by atoms with Gasteiger partial charge in [-0.2, -0.15) is 0 Å². The summed E-state index contributed by atoms with van der Waals surface area (Å²) in [5.41, 5.74) is -0.404. The largest absolute Gasteiger partial charge is 0.389 e. The molecule has 1 rings (SSSR count). The Bertz CT molecular complexity index is 165. The molecule has 1 saturated heterocycles. The van der Waals surface area contributed by atoms with Crippen LogP contribution < -0.4 is 0 Å². The Morgan fingerprint density at radius 3 is 2.00 bits per heavy atom. The minimum absolute atomic E-state index is 0.172. The molecule has 1 aliphatic heterocycles. The van der Waals surface area contributed by atoms with Gasteiger partial charge >= 0.3 is 0 Å². The summed E-state index contributed by atoms with van der Waals surface area (Å²) in [7, 11) is 0. The molecule has 0 aromatic heterocycles. The quantitative estimate of drug-likeness (QED) is 0.701. The molecule has 0 saturated carbocycles. The number of piperidine rings is 1. The molecule has 0 radical (unpaired) electrons. The first-order valence-electron chi connectivity index (χ1n) is 5.72. The minimum atomic E-state index is -0.576. The number of nitrogens with zero attached hydrogens (tertiary/aromatic N) is 1. The van der Waals surface area contributed by atoms with Crippen LogP contribution in [0.25, 0.3) is 0 Å². The normalized spacial score (nSPS) is 26.6. The highest BCUT2D eigenvalue weighted by atomic mass is 16.3. The smallest absolute Gasteiger partial charge is 0.0746 e. The van der Waals surface area contributed by atoms with Gasteiger partial charge in [-0.05, 0) is 54.0 Å². The van der Waals surface area contributed by atoms with E-state index in [1.54, 1.807) is 0 Å². The topological polar surface area (TPSA) is 23.5 Å². The molecule has 0 spiro atoms. The first kappa shape index (κ1) is 12.0. The molecule has 1 N–H and O–H groups in total. The second kappa shape index (κ2) is 3.82. The van der Waals surface area contributed by atoms with Crippen LogP contribution in [-0.2, 0) is 0 Å². The molecule has 14 heavy (non-hydrogen) atoms. The zero-order valence-electron chi connectivity index (χ0n) is 10.3. The molecule has 1 heterocycles. The molecule has 2 nitrogen and oxygen atoms in total. The van der Waals surface area contributed by atoms with Crippen molar-refractivity contribution < 1.29 is 5.11 Å². The lowest BCUT2D eigenvalue weighted by Gasteiger charge is -2.49. The van der Waals surface area contributed by atoms with E-state index in [9.17, 15) is 5.11 Å². The molecule has 0 amide bonds. The maximum Gasteiger partial charge on any atom is 0.0746 e. The lowest BCUT2D eigenvalue weighted by atomic mass is 9.85. The van der Waals surface area contributed by atoms with Gasteiger partial charge in [0, 0.05) is 11.6 Å². The summed E-state index contributed by atoms with van der Waals surface area (Å²) in [6, 6.07) is 0.316. The van der Waals surface area contributed by atoms with Gasteiger partial charge in [0.15, 0.2) is 0 Å². The van der Waals surface area contributed by atoms with Crippen LogP contribution in [0.1, 0.15) is 53.9 Å². The molecule has 1 aliphatic rings. The van der Waals surface area contributed by atoms with Gasteiger partial charge < -0.3 is 5.11 Å². The van der Waals surface area contributed by atoms with Crippen LogP contribution in [0.4, 0.5) is 0 Å². The van der Waals surface area contributed by atoms with Gasteiger partial charge in [0.1, 0.15) is 0 Å². The third-order valence-corrected chi connectivity index (χ3v) is 3.18. The predicted molar refractivity (Wildman–Crippen MR) is 60.4 cm³/mol. The predicted octanol–water partition coefficient (Wildman–Crippen LogP) is 2.41. The van der Waals surface area contributed by atoms with Crippen LogP contribution in [0.15, 0.2) is 0 Å². The summed E-state index contributed by atoms with van der Waals surface area (Å²) in [6.07, 6.45) is 3.64. The molecular formula is C12H25NO. The molecular weight excluding hydrogens is 174 g/mol. The number of likely N-dealkylation sites (tertiary alicyclic amines) is 1. The molecule has 0 aromatic rings. The van der Waals surface area contributed by atoms with Gasteiger partial charge in [-0.1, -0.05) is 6.42 Å². The Morgan fingerprint density at radius 1 is 1.07 bits per heavy atom. The van der Waals surface area contributed by atoms with Crippen LogP contribution in [0.3, 0.4) is 0 Å². The average Bonchev–Trinajstić information content (AvgIpc) is 2.01. The van der Waals surface area contributed by atoms with Crippen molar-refractivity contribution in [3.63, 3.8) is 0 Å². The van der Waals surface area contributed by atoms with E-state index in [1.165, 1.54) is 12.8 Å². The monoisotopic (exact) mass is 199 g/mol. The number of hydrogen-bond donors (Lipinski definition) is 1. The maximum atomic E-state index is 10.1. The van der Waals surface area contributed by atoms with Crippen molar-refractivity contribution in [3.8, 4) is 0 Å². The van der Waals surface area contributed by atoms with Crippen molar-refractivity contribution in [2.45, 2.75) is 71.1 Å². The lowest BCUT2D eigenvalue weighted by Crippen LogP contribution is -2.58. The van der Waals surface area contributed by atoms with Crippen LogP contribution >= 0.6 is 0 Å². The van der Waals surface area contributed by atoms with E-state index in [0.29, 0.717) is 6.04 Å². The fourth-order valence-electron chi connectivity index (χ4n) is 2.47. The second-order valence-corrected chi connectivity index (χ2v) is 6.03. The Morgan fingerprint density at radius 2 is 1.64 bits per heavy atom. The van der Waals surface area contributed by atoms with E-state index < -0.39 is 5.60 Å². The molecule has 1 unspecified atom stereocenters. The zero-order chi connectivity index (χ0) is 11.0. The van der Waals surface area contributed by atoms with Crippen molar-refractivity contribution in [1.82, 2.24) is 4.90 Å². The first-order chi connectivity index (χ1) is 6.23. The van der Waals surface area contributed by atoms with Crippen molar-refractivity contribution >= 4 is 0 Å². The summed E-state index contributed by atoms with van der Waals surface area (Å²) in [5.74, 6) is 0. The van der Waals surface area contributed by atoms with Crippen LogP contribution in [-0.4, -0.2) is 33.7 Å². The highest BCUT2D eigenvalue weighted by Crippen LogP contribution is 2.31. The van der Waals surface area contributed by atoms with Gasteiger partial charge in [-0.3, -0.25) is 4.90 Å². The fraction of sp³-hybridized carbons (Fsp3) is 1.00. The van der Waals surface area contributed by atoms with E-state index in [1.807, 2.05) is 13.8 Å². The van der Waals surface area contributed by atoms with E-state index >= 15 is 0 Å². The van der Waals surface area contributed by atoms with Gasteiger partial charge in [-0.25, -0.2) is 0 Å². The molecule has 1 fully saturated rings. The summed E-state index contributed by atoms with van der Waals surface area (Å²) in [6.45, 7) is 11.7. The Kier molecular flexibility index (Phi) is 3.27. The molecule has 0 bridgehead atoms. The standard InChI is InChI=1S/C12H25NO/c1-11(2,3)13-9-7-6-8-10(13)12(4,5)14/h10,14H,6-9H2,1-5H3. The lowest BCUT2D eigenvalue weighted by molar-refractivity contribution is -0.0702. The number of rotatable bonds is 1. The maximum absolute atomic E-state index is 10.1. The molecule has 1 atom stereocenters. The summed E-state index contributed by atoms with van der Waals surface area (Å²) >= 11 is 0. The number of aliphatic hydroxyl groups is 1. The molecule has 0 aromatic carbocycles. The van der Waals surface area contributed by atoms with E-state index in [2.05, 4.69) is 25.7 Å². The van der Waals surface area contributed by atoms with Crippen molar-refractivity contribution in [3.05, 3.63) is 0 Å². The highest BCUT2D eigenvalue weighted by Gasteiger charge is 2.38. The van der Waals surface area contributed by atoms with E-state index in [-0.39, 0.29) is 5.54 Å². The van der Waals surface area contributed by atoms with Crippen molar-refractivity contribution in [1.29, 1.82) is 0 Å². The Balaban J connectivity index is 2.80. The van der Waals surface area contributed by atoms with Gasteiger partial charge in [0.25, 0.3) is 0 Å². The van der Waals surface area contributed by atoms with Crippen LogP contribution in [0, 0.1) is 0 Å². The highest BCUT2D eigenvalue weighted by molar-refractivity contribution is 4.94. The van der Waals surface area contributed by atoms with Crippen molar-refractivity contribution in [2.24, 2.45) is 0 Å². The second-order valence-electron chi connectivity index (χ2n) is 6.03. The third-order valence-electron chi connectivity index (χ3n) is 3.18. The van der Waals surface area contributed by atoms with Crippen LogP contribution in [0.2, 0.25) is 0 Å². The number of hydrogen-bond acceptors (Lipinski definition) is 2. The van der Waals surface area contributed by atoms with Crippen LogP contribution in [0.5, 0.6) is 0 Å². The Labute approximate surface area is 88.3 Å². The molecule has 2 heteroatoms. The summed E-state index contributed by atoms with van der Waals surface area (Å²) in [5, 5.41) is 10.1. The third kappa shape index (κ3) is 2.71. The average molecular weight is 199 g/mol. The summed E-state index contributed by atoms with van der Waals surface area (Å²) in [4.78, 5) is 2.45. The van der Waals surface area contributed by atoms with E-state index in [0.717, 1.165) is 13.0 Å². The van der Waals surface area contributed by atoms with Crippen molar-refractivity contribution in [2.75, 3.05) is 6.54 Å². The Hall–Kier alpha value is -0.0800. The van der Waals surface area contributed by atoms with Gasteiger partial charge in [0.05, 0.1) is 5.60 Å². The molecule has 0 aliphatic carbocycles. The summed E-state index contributed by atoms with van der Waals surface area (Å²) < 4.78 is 0. The van der Waals surface area contributed by atoms with E-state index in [4.69, 9.17) is 0 Å². The molecule has 84 valence electrons. The van der Waals surface area contributed by atoms with Gasteiger partial charge in [-0.15, -0.1) is 0 Å². The minimum Gasteiger partial charge on any atom is -0.389 e.